The summed E-state index contributed by atoms with van der Waals surface area (Å²) in [6.07, 6.45) is -6.33. The smallest absolute Gasteiger partial charge is 0.391 e. The number of hydrogen-bond acceptors (Lipinski definition) is 3. The lowest BCUT2D eigenvalue weighted by Crippen LogP contribution is -2.45. The predicted octanol–water partition coefficient (Wildman–Crippen LogP) is 3.06. The van der Waals surface area contributed by atoms with Gasteiger partial charge in [0.1, 0.15) is 17.4 Å². The Morgan fingerprint density at radius 2 is 1.96 bits per heavy atom. The van der Waals surface area contributed by atoms with E-state index in [0.29, 0.717) is 5.58 Å². The maximum Gasteiger partial charge on any atom is 0.391 e. The van der Waals surface area contributed by atoms with Crippen molar-refractivity contribution in [3.63, 3.8) is 0 Å². The molecule has 0 aliphatic rings. The highest BCUT2D eigenvalue weighted by atomic mass is 19.4. The van der Waals surface area contributed by atoms with Gasteiger partial charge in [-0.3, -0.25) is 4.79 Å². The molecule has 2 unspecified atom stereocenters. The topological polar surface area (TPSA) is 79.5 Å². The molecule has 0 saturated carbocycles. The summed E-state index contributed by atoms with van der Waals surface area (Å²) >= 11 is 0. The number of carboxylic acid groups (broad SMARTS) is 1. The average molecular weight is 329 g/mol. The maximum atomic E-state index is 12.3. The number of halogens is 3. The highest BCUT2D eigenvalue weighted by Gasteiger charge is 2.37. The fourth-order valence-electron chi connectivity index (χ4n) is 2.07. The Labute approximate surface area is 129 Å². The van der Waals surface area contributed by atoms with Crippen molar-refractivity contribution in [2.75, 3.05) is 0 Å². The van der Waals surface area contributed by atoms with Gasteiger partial charge >= 0.3 is 12.1 Å². The molecule has 0 radical (unpaired) electrons. The van der Waals surface area contributed by atoms with Crippen molar-refractivity contribution in [1.82, 2.24) is 5.32 Å². The number of carbonyl (C=O) groups excluding carboxylic acids is 1. The average Bonchev–Trinajstić information content (AvgIpc) is 2.87. The first-order valence-electron chi connectivity index (χ1n) is 6.76. The van der Waals surface area contributed by atoms with E-state index in [4.69, 9.17) is 9.52 Å². The van der Waals surface area contributed by atoms with Gasteiger partial charge in [0.2, 0.25) is 5.91 Å². The van der Waals surface area contributed by atoms with Gasteiger partial charge < -0.3 is 14.8 Å². The zero-order valence-electron chi connectivity index (χ0n) is 12.1. The first-order chi connectivity index (χ1) is 10.7. The number of furan rings is 1. The fourth-order valence-corrected chi connectivity index (χ4v) is 2.07. The number of hydrogen-bond donors (Lipinski definition) is 2. The number of benzene rings is 1. The van der Waals surface area contributed by atoms with Crippen molar-refractivity contribution in [1.29, 1.82) is 0 Å². The normalized spacial score (nSPS) is 14.4. The Balaban J connectivity index is 2.13. The van der Waals surface area contributed by atoms with E-state index in [1.807, 2.05) is 5.32 Å². The van der Waals surface area contributed by atoms with Crippen LogP contribution in [0.3, 0.4) is 0 Å². The Bertz CT molecular complexity index is 690. The van der Waals surface area contributed by atoms with Crippen LogP contribution in [0.15, 0.2) is 34.7 Å². The van der Waals surface area contributed by atoms with Gasteiger partial charge in [0.25, 0.3) is 0 Å². The Kier molecular flexibility index (Phi) is 4.63. The molecule has 2 aromatic rings. The minimum Gasteiger partial charge on any atom is -0.480 e. The third-order valence-electron chi connectivity index (χ3n) is 3.31. The summed E-state index contributed by atoms with van der Waals surface area (Å²) in [6, 6.07) is 6.53. The second kappa shape index (κ2) is 6.31. The third-order valence-corrected chi connectivity index (χ3v) is 3.31. The van der Waals surface area contributed by atoms with Crippen LogP contribution >= 0.6 is 0 Å². The highest BCUT2D eigenvalue weighted by molar-refractivity contribution is 5.88. The van der Waals surface area contributed by atoms with E-state index in [2.05, 4.69) is 0 Å². The summed E-state index contributed by atoms with van der Waals surface area (Å²) in [6.45, 7) is 1.43. The number of carboxylic acids is 1. The lowest BCUT2D eigenvalue weighted by molar-refractivity contribution is -0.160. The predicted molar refractivity (Wildman–Crippen MR) is 74.9 cm³/mol. The molecule has 0 saturated heterocycles. The van der Waals surface area contributed by atoms with Crippen LogP contribution in [0.4, 0.5) is 13.2 Å². The molecular weight excluding hydrogens is 315 g/mol. The first-order valence-corrected chi connectivity index (χ1v) is 6.76. The fraction of sp³-hybridized carbons (Fsp3) is 0.333. The van der Waals surface area contributed by atoms with Gasteiger partial charge in [-0.1, -0.05) is 18.2 Å². The number of alkyl halides is 3. The van der Waals surface area contributed by atoms with Crippen LogP contribution in [0.2, 0.25) is 0 Å². The molecule has 0 fully saturated rings. The molecule has 2 N–H and O–H groups in total. The van der Waals surface area contributed by atoms with E-state index in [9.17, 15) is 22.8 Å². The molecule has 1 aromatic carbocycles. The highest BCUT2D eigenvalue weighted by Crippen LogP contribution is 2.26. The zero-order chi connectivity index (χ0) is 17.2. The zero-order valence-corrected chi connectivity index (χ0v) is 12.1. The summed E-state index contributed by atoms with van der Waals surface area (Å²) in [7, 11) is 0. The van der Waals surface area contributed by atoms with Crippen LogP contribution in [-0.2, 0) is 9.59 Å². The second-order valence-corrected chi connectivity index (χ2v) is 5.13. The lowest BCUT2D eigenvalue weighted by Gasteiger charge is -2.18. The monoisotopic (exact) mass is 329 g/mol. The molecule has 0 bridgehead atoms. The molecule has 2 rings (SSSR count). The molecule has 0 aliphatic carbocycles. The first kappa shape index (κ1) is 16.9. The van der Waals surface area contributed by atoms with Gasteiger partial charge in [-0.15, -0.1) is 0 Å². The third kappa shape index (κ3) is 4.24. The van der Waals surface area contributed by atoms with Crippen molar-refractivity contribution >= 4 is 22.8 Å². The molecule has 2 atom stereocenters. The van der Waals surface area contributed by atoms with Crippen LogP contribution in [-0.4, -0.2) is 29.2 Å². The molecule has 0 spiro atoms. The van der Waals surface area contributed by atoms with Crippen LogP contribution in [0, 0.1) is 0 Å². The summed E-state index contributed by atoms with van der Waals surface area (Å²) < 4.78 is 42.5. The number of fused-ring (bicyclic) bond motifs is 1. The number of amides is 1. The van der Waals surface area contributed by atoms with Gasteiger partial charge in [0, 0.05) is 5.39 Å². The molecule has 0 aliphatic heterocycles. The number of rotatable bonds is 5. The van der Waals surface area contributed by atoms with Crippen LogP contribution < -0.4 is 5.32 Å². The minimum atomic E-state index is -4.70. The number of carbonyl (C=O) groups is 2. The van der Waals surface area contributed by atoms with E-state index < -0.39 is 36.4 Å². The van der Waals surface area contributed by atoms with Crippen molar-refractivity contribution in [3.05, 3.63) is 36.1 Å². The number of aliphatic carboxylic acids is 1. The van der Waals surface area contributed by atoms with Gasteiger partial charge in [-0.25, -0.2) is 4.79 Å². The number of nitrogens with one attached hydrogen (secondary N) is 1. The SMILES string of the molecule is CC(C(=O)NC(CC(F)(F)F)C(=O)O)c1cc2ccccc2o1. The molecule has 124 valence electrons. The second-order valence-electron chi connectivity index (χ2n) is 5.13. The summed E-state index contributed by atoms with van der Waals surface area (Å²) in [5.74, 6) is -3.26. The van der Waals surface area contributed by atoms with Gasteiger partial charge in [0.05, 0.1) is 12.3 Å². The molecule has 8 heteroatoms. The number of para-hydroxylation sites is 1. The quantitative estimate of drug-likeness (QED) is 0.883. The van der Waals surface area contributed by atoms with Crippen LogP contribution in [0.1, 0.15) is 25.0 Å². The van der Waals surface area contributed by atoms with Crippen molar-refractivity contribution < 1.29 is 32.3 Å². The van der Waals surface area contributed by atoms with E-state index in [-0.39, 0.29) is 5.76 Å². The molecule has 1 amide bonds. The van der Waals surface area contributed by atoms with Crippen molar-refractivity contribution in [3.8, 4) is 0 Å². The maximum absolute atomic E-state index is 12.3. The molecule has 5 nitrogen and oxygen atoms in total. The Hall–Kier alpha value is -2.51. The summed E-state index contributed by atoms with van der Waals surface area (Å²) in [4.78, 5) is 22.9. The largest absolute Gasteiger partial charge is 0.480 e. The van der Waals surface area contributed by atoms with Crippen LogP contribution in [0.25, 0.3) is 11.0 Å². The molecular formula is C15H14F3NO4. The van der Waals surface area contributed by atoms with Gasteiger partial charge in [-0.2, -0.15) is 13.2 Å². The molecule has 23 heavy (non-hydrogen) atoms. The molecule has 1 aromatic heterocycles. The van der Waals surface area contributed by atoms with E-state index in [0.717, 1.165) is 5.39 Å². The summed E-state index contributed by atoms with van der Waals surface area (Å²) in [5.41, 5.74) is 0.534. The lowest BCUT2D eigenvalue weighted by atomic mass is 10.1. The standard InChI is InChI=1S/C15H14F3NO4/c1-8(12-6-9-4-2-3-5-11(9)23-12)13(20)19-10(14(21)22)7-15(16,17)18/h2-6,8,10H,7H2,1H3,(H,19,20)(H,21,22). The minimum absolute atomic E-state index is 0.250. The Morgan fingerprint density at radius 3 is 2.52 bits per heavy atom. The Morgan fingerprint density at radius 1 is 1.30 bits per heavy atom. The van der Waals surface area contributed by atoms with Crippen LogP contribution in [0.5, 0.6) is 0 Å². The molecule has 1 heterocycles. The van der Waals surface area contributed by atoms with E-state index >= 15 is 0 Å². The van der Waals surface area contributed by atoms with Crippen molar-refractivity contribution in [2.45, 2.75) is 31.5 Å². The van der Waals surface area contributed by atoms with Crippen molar-refractivity contribution in [2.24, 2.45) is 0 Å². The van der Waals surface area contributed by atoms with Gasteiger partial charge in [-0.05, 0) is 19.1 Å². The summed E-state index contributed by atoms with van der Waals surface area (Å²) in [5, 5.41) is 11.5. The van der Waals surface area contributed by atoms with Gasteiger partial charge in [0.15, 0.2) is 0 Å². The van der Waals surface area contributed by atoms with E-state index in [1.165, 1.54) is 6.92 Å². The van der Waals surface area contributed by atoms with E-state index in [1.54, 1.807) is 30.3 Å².